The summed E-state index contributed by atoms with van der Waals surface area (Å²) in [7, 11) is 0. The predicted octanol–water partition coefficient (Wildman–Crippen LogP) is 11.6. The minimum absolute atomic E-state index is 0.644. The molecule has 0 aliphatic heterocycles. The summed E-state index contributed by atoms with van der Waals surface area (Å²) in [4.78, 5) is 14.7. The van der Waals surface area contributed by atoms with Gasteiger partial charge in [0.05, 0.1) is 16.6 Å². The zero-order valence-electron chi connectivity index (χ0n) is 28.1. The highest BCUT2D eigenvalue weighted by atomic mass is 15.0. The van der Waals surface area contributed by atoms with Crippen LogP contribution in [0.5, 0.6) is 0 Å². The molecule has 0 atom stereocenters. The van der Waals surface area contributed by atoms with Crippen molar-refractivity contribution in [2.75, 3.05) is 0 Å². The number of hydrogen-bond donors (Lipinski definition) is 0. The third-order valence-corrected chi connectivity index (χ3v) is 9.80. The predicted molar refractivity (Wildman–Crippen MR) is 213 cm³/mol. The molecule has 52 heavy (non-hydrogen) atoms. The first-order valence-corrected chi connectivity index (χ1v) is 17.4. The Morgan fingerprint density at radius 2 is 0.865 bits per heavy atom. The molecule has 0 saturated heterocycles. The fraction of sp³-hybridized carbons (Fsp3) is 0. The Morgan fingerprint density at radius 1 is 0.327 bits per heavy atom. The average molecular weight is 666 g/mol. The molecule has 0 saturated carbocycles. The van der Waals surface area contributed by atoms with Crippen LogP contribution >= 0.6 is 0 Å². The molecule has 7 aromatic carbocycles. The van der Waals surface area contributed by atoms with E-state index in [1.54, 1.807) is 0 Å². The summed E-state index contributed by atoms with van der Waals surface area (Å²) in [6, 6.07) is 63.6. The lowest BCUT2D eigenvalue weighted by atomic mass is 10.0. The summed E-state index contributed by atoms with van der Waals surface area (Å²) in [6.45, 7) is 0. The summed E-state index contributed by atoms with van der Waals surface area (Å²) in [5, 5.41) is 3.67. The SMILES string of the molecule is c1ccc(-c2nc(-c3ccccc3)nc(-c3ccc(-c4cccc(-n5c6ccccc6c6cc7c(ccn7-c7ccccc7)cc65)c4)cc3)n2)cc1. The number of rotatable bonds is 6. The van der Waals surface area contributed by atoms with Gasteiger partial charge in [0.1, 0.15) is 0 Å². The number of fused-ring (bicyclic) bond motifs is 4. The smallest absolute Gasteiger partial charge is 0.164 e. The maximum Gasteiger partial charge on any atom is 0.164 e. The Hall–Kier alpha value is -7.11. The zero-order valence-corrected chi connectivity index (χ0v) is 28.1. The molecule has 0 spiro atoms. The van der Waals surface area contributed by atoms with E-state index in [4.69, 9.17) is 15.0 Å². The van der Waals surface area contributed by atoms with Gasteiger partial charge >= 0.3 is 0 Å². The van der Waals surface area contributed by atoms with E-state index in [9.17, 15) is 0 Å². The van der Waals surface area contributed by atoms with Gasteiger partial charge in [-0.2, -0.15) is 0 Å². The third-order valence-electron chi connectivity index (χ3n) is 9.80. The van der Waals surface area contributed by atoms with Crippen molar-refractivity contribution >= 4 is 32.7 Å². The van der Waals surface area contributed by atoms with E-state index in [1.807, 2.05) is 60.7 Å². The highest BCUT2D eigenvalue weighted by Crippen LogP contribution is 2.37. The highest BCUT2D eigenvalue weighted by Gasteiger charge is 2.16. The molecule has 10 aromatic rings. The van der Waals surface area contributed by atoms with Crippen LogP contribution in [-0.4, -0.2) is 24.1 Å². The van der Waals surface area contributed by atoms with Crippen LogP contribution in [0.25, 0.3) is 89.4 Å². The van der Waals surface area contributed by atoms with E-state index in [0.29, 0.717) is 17.5 Å². The number of para-hydroxylation sites is 2. The van der Waals surface area contributed by atoms with Gasteiger partial charge in [-0.25, -0.2) is 15.0 Å². The molecule has 3 heterocycles. The van der Waals surface area contributed by atoms with Crippen molar-refractivity contribution in [1.29, 1.82) is 0 Å². The van der Waals surface area contributed by atoms with Crippen molar-refractivity contribution < 1.29 is 0 Å². The fourth-order valence-corrected chi connectivity index (χ4v) is 7.26. The van der Waals surface area contributed by atoms with Crippen LogP contribution in [0.1, 0.15) is 0 Å². The lowest BCUT2D eigenvalue weighted by molar-refractivity contribution is 1.07. The monoisotopic (exact) mass is 665 g/mol. The second-order valence-electron chi connectivity index (χ2n) is 13.0. The van der Waals surface area contributed by atoms with Crippen molar-refractivity contribution in [2.45, 2.75) is 0 Å². The van der Waals surface area contributed by atoms with Gasteiger partial charge in [0.15, 0.2) is 17.5 Å². The first-order valence-electron chi connectivity index (χ1n) is 17.4. The lowest BCUT2D eigenvalue weighted by Gasteiger charge is -2.12. The minimum atomic E-state index is 0.644. The second-order valence-corrected chi connectivity index (χ2v) is 13.0. The Bertz CT molecular complexity index is 2810. The van der Waals surface area contributed by atoms with E-state index in [-0.39, 0.29) is 0 Å². The maximum absolute atomic E-state index is 4.92. The number of aromatic nitrogens is 5. The Kier molecular flexibility index (Phi) is 7.07. The number of hydrogen-bond acceptors (Lipinski definition) is 3. The molecule has 10 rings (SSSR count). The van der Waals surface area contributed by atoms with Crippen molar-refractivity contribution in [3.05, 3.63) is 188 Å². The summed E-state index contributed by atoms with van der Waals surface area (Å²) < 4.78 is 4.66. The third kappa shape index (κ3) is 5.15. The van der Waals surface area contributed by atoms with Crippen molar-refractivity contribution in [3.8, 4) is 56.7 Å². The molecule has 244 valence electrons. The van der Waals surface area contributed by atoms with Gasteiger partial charge in [-0.15, -0.1) is 0 Å². The molecule has 3 aromatic heterocycles. The van der Waals surface area contributed by atoms with Crippen LogP contribution in [0.15, 0.2) is 188 Å². The van der Waals surface area contributed by atoms with Crippen LogP contribution in [0.2, 0.25) is 0 Å². The standard InChI is InChI=1S/C47H31N5/c1-4-13-33(14-5-1)45-48-46(34-15-6-2-7-16-34)50-47(49-45)35-25-23-32(24-26-35)36-17-12-20-39(29-36)52-42-22-11-10-21-40(42)41-31-43-37(30-44(41)52)27-28-51(43)38-18-8-3-9-19-38/h1-31H. The Labute approximate surface area is 300 Å². The zero-order chi connectivity index (χ0) is 34.4. The lowest BCUT2D eigenvalue weighted by Crippen LogP contribution is -2.00. The Morgan fingerprint density at radius 3 is 1.54 bits per heavy atom. The minimum Gasteiger partial charge on any atom is -0.317 e. The molecule has 5 heteroatoms. The van der Waals surface area contributed by atoms with Gasteiger partial charge in [-0.3, -0.25) is 0 Å². The first kappa shape index (κ1) is 29.8. The molecule has 5 nitrogen and oxygen atoms in total. The maximum atomic E-state index is 4.92. The number of benzene rings is 7. The van der Waals surface area contributed by atoms with Gasteiger partial charge in [-0.05, 0) is 59.7 Å². The van der Waals surface area contributed by atoms with E-state index in [1.165, 1.54) is 32.7 Å². The molecular weight excluding hydrogens is 635 g/mol. The second kappa shape index (κ2) is 12.3. The van der Waals surface area contributed by atoms with Crippen LogP contribution in [0.3, 0.4) is 0 Å². The topological polar surface area (TPSA) is 48.5 Å². The molecule has 0 bridgehead atoms. The molecule has 0 fully saturated rings. The molecule has 0 radical (unpaired) electrons. The quantitative estimate of drug-likeness (QED) is 0.178. The van der Waals surface area contributed by atoms with Crippen molar-refractivity contribution in [1.82, 2.24) is 24.1 Å². The molecule has 0 unspecified atom stereocenters. The van der Waals surface area contributed by atoms with Crippen molar-refractivity contribution in [3.63, 3.8) is 0 Å². The van der Waals surface area contributed by atoms with E-state index >= 15 is 0 Å². The van der Waals surface area contributed by atoms with Gasteiger partial charge < -0.3 is 9.13 Å². The fourth-order valence-electron chi connectivity index (χ4n) is 7.26. The highest BCUT2D eigenvalue weighted by molar-refractivity contribution is 6.13. The average Bonchev–Trinajstić information content (AvgIpc) is 3.79. The molecule has 0 N–H and O–H groups in total. The van der Waals surface area contributed by atoms with Crippen LogP contribution in [0.4, 0.5) is 0 Å². The summed E-state index contributed by atoms with van der Waals surface area (Å²) >= 11 is 0. The largest absolute Gasteiger partial charge is 0.317 e. The van der Waals surface area contributed by atoms with E-state index in [2.05, 4.69) is 137 Å². The summed E-state index contributed by atoms with van der Waals surface area (Å²) in [5.41, 5.74) is 10.9. The normalized spacial score (nSPS) is 11.5. The van der Waals surface area contributed by atoms with Gasteiger partial charge in [-0.1, -0.05) is 133 Å². The van der Waals surface area contributed by atoms with Gasteiger partial charge in [0, 0.05) is 50.4 Å². The molecular formula is C47H31N5. The van der Waals surface area contributed by atoms with Crippen LogP contribution in [0, 0.1) is 0 Å². The number of nitrogens with zero attached hydrogens (tertiary/aromatic N) is 5. The summed E-state index contributed by atoms with van der Waals surface area (Å²) in [5.74, 6) is 1.95. The van der Waals surface area contributed by atoms with Crippen molar-refractivity contribution in [2.24, 2.45) is 0 Å². The first-order chi connectivity index (χ1) is 25.8. The molecule has 0 aliphatic rings. The molecule has 0 aliphatic carbocycles. The molecule has 0 amide bonds. The van der Waals surface area contributed by atoms with E-state index < -0.39 is 0 Å². The summed E-state index contributed by atoms with van der Waals surface area (Å²) in [6.07, 6.45) is 2.16. The van der Waals surface area contributed by atoms with E-state index in [0.717, 1.165) is 39.2 Å². The van der Waals surface area contributed by atoms with Crippen LogP contribution in [-0.2, 0) is 0 Å². The van der Waals surface area contributed by atoms with Crippen LogP contribution < -0.4 is 0 Å². The van der Waals surface area contributed by atoms with Gasteiger partial charge in [0.25, 0.3) is 0 Å². The Balaban J connectivity index is 1.05. The van der Waals surface area contributed by atoms with Gasteiger partial charge in [0.2, 0.25) is 0 Å².